The Balaban J connectivity index is 2.00. The van der Waals surface area contributed by atoms with Gasteiger partial charge in [0, 0.05) is 6.42 Å². The number of aryl methyl sites for hydroxylation is 1. The molecule has 0 bridgehead atoms. The van der Waals surface area contributed by atoms with Crippen molar-refractivity contribution in [3.05, 3.63) is 29.8 Å². The van der Waals surface area contributed by atoms with E-state index in [1.54, 1.807) is 24.3 Å². The normalized spacial score (nSPS) is 17.5. The first-order valence-corrected chi connectivity index (χ1v) is 7.26. The highest BCUT2D eigenvalue weighted by atomic mass is 32.2. The standard InChI is InChI=1S/C12H16O4S/c1-10-2-4-11(5-3-10)17(13,14)9-6-12-15-7-8-16-12/h2-5,12H,6-9H2,1H3. The minimum absolute atomic E-state index is 0.0563. The molecule has 5 heteroatoms. The van der Waals surface area contributed by atoms with Crippen LogP contribution in [0, 0.1) is 6.92 Å². The van der Waals surface area contributed by atoms with Crippen LogP contribution in [0.5, 0.6) is 0 Å². The highest BCUT2D eigenvalue weighted by Gasteiger charge is 2.21. The summed E-state index contributed by atoms with van der Waals surface area (Å²) in [6.45, 7) is 3.03. The number of benzene rings is 1. The van der Waals surface area contributed by atoms with Crippen LogP contribution in [0.2, 0.25) is 0 Å². The molecule has 0 radical (unpaired) electrons. The first-order valence-electron chi connectivity index (χ1n) is 5.60. The molecule has 0 aliphatic carbocycles. The Kier molecular flexibility index (Phi) is 3.81. The van der Waals surface area contributed by atoms with Crippen LogP contribution in [0.1, 0.15) is 12.0 Å². The van der Waals surface area contributed by atoms with Gasteiger partial charge in [0.2, 0.25) is 0 Å². The van der Waals surface area contributed by atoms with Crippen LogP contribution in [-0.4, -0.2) is 33.7 Å². The fourth-order valence-corrected chi connectivity index (χ4v) is 2.98. The van der Waals surface area contributed by atoms with Crippen molar-refractivity contribution in [3.8, 4) is 0 Å². The largest absolute Gasteiger partial charge is 0.350 e. The summed E-state index contributed by atoms with van der Waals surface area (Å²) >= 11 is 0. The van der Waals surface area contributed by atoms with Gasteiger partial charge < -0.3 is 9.47 Å². The van der Waals surface area contributed by atoms with Gasteiger partial charge in [0.1, 0.15) is 0 Å². The van der Waals surface area contributed by atoms with E-state index < -0.39 is 9.84 Å². The van der Waals surface area contributed by atoms with Gasteiger partial charge in [-0.2, -0.15) is 0 Å². The lowest BCUT2D eigenvalue weighted by molar-refractivity contribution is -0.0424. The third-order valence-electron chi connectivity index (χ3n) is 2.69. The van der Waals surface area contributed by atoms with Gasteiger partial charge in [-0.25, -0.2) is 8.42 Å². The molecule has 1 aromatic carbocycles. The van der Waals surface area contributed by atoms with E-state index in [1.807, 2.05) is 6.92 Å². The van der Waals surface area contributed by atoms with E-state index in [-0.39, 0.29) is 12.0 Å². The zero-order chi connectivity index (χ0) is 12.3. The average Bonchev–Trinajstić information content (AvgIpc) is 2.80. The van der Waals surface area contributed by atoms with Gasteiger partial charge in [0.15, 0.2) is 16.1 Å². The molecule has 0 spiro atoms. The quantitative estimate of drug-likeness (QED) is 0.820. The third kappa shape index (κ3) is 3.28. The molecule has 1 aliphatic heterocycles. The molecule has 4 nitrogen and oxygen atoms in total. The van der Waals surface area contributed by atoms with Crippen LogP contribution in [-0.2, 0) is 19.3 Å². The Morgan fingerprint density at radius 2 is 1.76 bits per heavy atom. The fourth-order valence-electron chi connectivity index (χ4n) is 1.69. The van der Waals surface area contributed by atoms with Crippen LogP contribution < -0.4 is 0 Å². The van der Waals surface area contributed by atoms with E-state index in [1.165, 1.54) is 0 Å². The second-order valence-corrected chi connectivity index (χ2v) is 6.20. The molecule has 17 heavy (non-hydrogen) atoms. The van der Waals surface area contributed by atoms with E-state index >= 15 is 0 Å². The number of ether oxygens (including phenoxy) is 2. The summed E-state index contributed by atoms with van der Waals surface area (Å²) in [5, 5.41) is 0. The predicted molar refractivity (Wildman–Crippen MR) is 63.5 cm³/mol. The average molecular weight is 256 g/mol. The maximum absolute atomic E-state index is 12.0. The zero-order valence-corrected chi connectivity index (χ0v) is 10.6. The van der Waals surface area contributed by atoms with Crippen molar-refractivity contribution in [2.75, 3.05) is 19.0 Å². The van der Waals surface area contributed by atoms with Crippen molar-refractivity contribution in [2.45, 2.75) is 24.5 Å². The van der Waals surface area contributed by atoms with Gasteiger partial charge >= 0.3 is 0 Å². The van der Waals surface area contributed by atoms with Crippen LogP contribution in [0.25, 0.3) is 0 Å². The fraction of sp³-hybridized carbons (Fsp3) is 0.500. The Bertz CT molecular complexity index is 458. The number of sulfone groups is 1. The Morgan fingerprint density at radius 3 is 2.35 bits per heavy atom. The van der Waals surface area contributed by atoms with Gasteiger partial charge in [-0.3, -0.25) is 0 Å². The molecule has 0 amide bonds. The molecular weight excluding hydrogens is 240 g/mol. The predicted octanol–water partition coefficient (Wildman–Crippen LogP) is 1.53. The first kappa shape index (κ1) is 12.5. The second-order valence-electron chi connectivity index (χ2n) is 4.09. The van der Waals surface area contributed by atoms with Crippen molar-refractivity contribution in [1.29, 1.82) is 0 Å². The molecule has 1 aliphatic rings. The van der Waals surface area contributed by atoms with Gasteiger partial charge in [0.25, 0.3) is 0 Å². The van der Waals surface area contributed by atoms with E-state index in [0.717, 1.165) is 5.56 Å². The minimum Gasteiger partial charge on any atom is -0.350 e. The lowest BCUT2D eigenvalue weighted by atomic mass is 10.2. The van der Waals surface area contributed by atoms with E-state index in [4.69, 9.17) is 9.47 Å². The molecule has 1 saturated heterocycles. The summed E-state index contributed by atoms with van der Waals surface area (Å²) in [5.74, 6) is 0.0563. The molecule has 94 valence electrons. The zero-order valence-electron chi connectivity index (χ0n) is 9.76. The summed E-state index contributed by atoms with van der Waals surface area (Å²) in [5.41, 5.74) is 1.05. The first-order chi connectivity index (χ1) is 8.08. The van der Waals surface area contributed by atoms with Gasteiger partial charge in [0.05, 0.1) is 23.9 Å². The van der Waals surface area contributed by atoms with Crippen molar-refractivity contribution in [3.63, 3.8) is 0 Å². The maximum Gasteiger partial charge on any atom is 0.178 e. The summed E-state index contributed by atoms with van der Waals surface area (Å²) in [6.07, 6.45) is 0.0196. The second kappa shape index (κ2) is 5.16. The maximum atomic E-state index is 12.0. The molecule has 0 atom stereocenters. The van der Waals surface area contributed by atoms with Crippen LogP contribution in [0.3, 0.4) is 0 Å². The molecule has 0 aromatic heterocycles. The Labute approximate surface area is 101 Å². The number of hydrogen-bond donors (Lipinski definition) is 0. The van der Waals surface area contributed by atoms with Crippen molar-refractivity contribution >= 4 is 9.84 Å². The van der Waals surface area contributed by atoms with Crippen molar-refractivity contribution in [1.82, 2.24) is 0 Å². The summed E-state index contributed by atoms with van der Waals surface area (Å²) in [4.78, 5) is 0.362. The molecule has 0 saturated carbocycles. The molecule has 1 aromatic rings. The number of rotatable bonds is 4. The van der Waals surface area contributed by atoms with Crippen LogP contribution in [0.4, 0.5) is 0 Å². The van der Waals surface area contributed by atoms with Crippen molar-refractivity contribution in [2.24, 2.45) is 0 Å². The smallest absolute Gasteiger partial charge is 0.178 e. The van der Waals surface area contributed by atoms with Crippen molar-refractivity contribution < 1.29 is 17.9 Å². The lowest BCUT2D eigenvalue weighted by Crippen LogP contribution is -2.15. The molecular formula is C12H16O4S. The van der Waals surface area contributed by atoms with Crippen LogP contribution >= 0.6 is 0 Å². The minimum atomic E-state index is -3.22. The molecule has 0 N–H and O–H groups in total. The highest BCUT2D eigenvalue weighted by molar-refractivity contribution is 7.91. The SMILES string of the molecule is Cc1ccc(S(=O)(=O)CCC2OCCO2)cc1. The van der Waals surface area contributed by atoms with E-state index in [2.05, 4.69) is 0 Å². The number of hydrogen-bond acceptors (Lipinski definition) is 4. The lowest BCUT2D eigenvalue weighted by Gasteiger charge is -2.09. The summed E-state index contributed by atoms with van der Waals surface area (Å²) in [6, 6.07) is 6.88. The van der Waals surface area contributed by atoms with E-state index in [0.29, 0.717) is 24.5 Å². The third-order valence-corrected chi connectivity index (χ3v) is 4.46. The monoisotopic (exact) mass is 256 g/mol. The Hall–Kier alpha value is -0.910. The Morgan fingerprint density at radius 1 is 1.18 bits per heavy atom. The molecule has 0 unspecified atom stereocenters. The van der Waals surface area contributed by atoms with Gasteiger partial charge in [-0.1, -0.05) is 17.7 Å². The molecule has 1 fully saturated rings. The van der Waals surface area contributed by atoms with Gasteiger partial charge in [-0.15, -0.1) is 0 Å². The highest BCUT2D eigenvalue weighted by Crippen LogP contribution is 2.16. The van der Waals surface area contributed by atoms with E-state index in [9.17, 15) is 8.42 Å². The summed E-state index contributed by atoms with van der Waals surface area (Å²) in [7, 11) is -3.22. The van der Waals surface area contributed by atoms with Crippen LogP contribution in [0.15, 0.2) is 29.2 Å². The van der Waals surface area contributed by atoms with Gasteiger partial charge in [-0.05, 0) is 19.1 Å². The topological polar surface area (TPSA) is 52.6 Å². The molecule has 2 rings (SSSR count). The summed E-state index contributed by atoms with van der Waals surface area (Å²) < 4.78 is 34.4. The molecule has 1 heterocycles.